The van der Waals surface area contributed by atoms with Gasteiger partial charge in [0.2, 0.25) is 11.7 Å². The zero-order valence-corrected chi connectivity index (χ0v) is 34.2. The summed E-state index contributed by atoms with van der Waals surface area (Å²) >= 11 is 0. The average Bonchev–Trinajstić information content (AvgIpc) is 4.07. The molecule has 6 heteroatoms. The molecule has 64 heavy (non-hydrogen) atoms. The van der Waals surface area contributed by atoms with Crippen LogP contribution in [0.1, 0.15) is 0 Å². The highest BCUT2D eigenvalue weighted by Crippen LogP contribution is 2.52. The average molecular weight is 816 g/mol. The molecule has 0 saturated heterocycles. The molecular formula is C58H33N5O. The van der Waals surface area contributed by atoms with Crippen molar-refractivity contribution in [2.75, 3.05) is 0 Å². The number of aromatic nitrogens is 5. The molecular weight excluding hydrogens is 783 g/mol. The summed E-state index contributed by atoms with van der Waals surface area (Å²) < 4.78 is 13.8. The van der Waals surface area contributed by atoms with E-state index in [1.165, 1.54) is 60.5 Å². The SMILES string of the molecule is c1ccc(-n2c3ccccc3c3ccc(-c4nc(-n5c6ccccc6c6c7c8c(cc65)c5ccccc5n8-c5ccccc5-c5ccccc5-7)nc5oc6ccccc6c45)cc32)cc1. The molecule has 0 radical (unpaired) electrons. The molecule has 0 unspecified atom stereocenters. The Labute approximate surface area is 365 Å². The lowest BCUT2D eigenvalue weighted by Crippen LogP contribution is -2.03. The van der Waals surface area contributed by atoms with Gasteiger partial charge in [-0.1, -0.05) is 146 Å². The number of rotatable bonds is 3. The van der Waals surface area contributed by atoms with Crippen LogP contribution in [0.5, 0.6) is 0 Å². The number of furan rings is 1. The lowest BCUT2D eigenvalue weighted by molar-refractivity contribution is 0.651. The van der Waals surface area contributed by atoms with Crippen LogP contribution in [0, 0.1) is 0 Å². The van der Waals surface area contributed by atoms with Gasteiger partial charge in [-0.15, -0.1) is 0 Å². The van der Waals surface area contributed by atoms with Crippen LogP contribution in [-0.4, -0.2) is 23.7 Å². The number of fused-ring (bicyclic) bond motifs is 18. The molecule has 6 nitrogen and oxygen atoms in total. The second kappa shape index (κ2) is 12.4. The third kappa shape index (κ3) is 4.38. The van der Waals surface area contributed by atoms with Gasteiger partial charge in [-0.25, -0.2) is 4.98 Å². The van der Waals surface area contributed by atoms with Crippen LogP contribution in [0.25, 0.3) is 138 Å². The van der Waals surface area contributed by atoms with Gasteiger partial charge >= 0.3 is 0 Å². The van der Waals surface area contributed by atoms with E-state index in [2.05, 4.69) is 202 Å². The third-order valence-electron chi connectivity index (χ3n) is 13.6. The van der Waals surface area contributed by atoms with Crippen LogP contribution in [-0.2, 0) is 0 Å². The van der Waals surface area contributed by atoms with Crippen LogP contribution >= 0.6 is 0 Å². The highest BCUT2D eigenvalue weighted by molar-refractivity contribution is 6.28. The fraction of sp³-hybridized carbons (Fsp3) is 0. The van der Waals surface area contributed by atoms with Crippen molar-refractivity contribution in [2.24, 2.45) is 0 Å². The quantitative estimate of drug-likeness (QED) is 0.178. The molecule has 9 aromatic carbocycles. The van der Waals surface area contributed by atoms with Crippen molar-refractivity contribution in [1.82, 2.24) is 23.7 Å². The Morgan fingerprint density at radius 2 is 0.984 bits per heavy atom. The van der Waals surface area contributed by atoms with E-state index in [-0.39, 0.29) is 0 Å². The molecule has 14 aromatic rings. The summed E-state index contributed by atoms with van der Waals surface area (Å²) in [5.74, 6) is 0.553. The van der Waals surface area contributed by atoms with Crippen LogP contribution < -0.4 is 0 Å². The van der Waals surface area contributed by atoms with Gasteiger partial charge in [0.25, 0.3) is 0 Å². The van der Waals surface area contributed by atoms with Gasteiger partial charge in [0.15, 0.2) is 0 Å². The second-order valence-corrected chi connectivity index (χ2v) is 16.9. The zero-order chi connectivity index (χ0) is 41.6. The molecule has 0 spiro atoms. The van der Waals surface area contributed by atoms with Crippen molar-refractivity contribution in [3.63, 3.8) is 0 Å². The maximum Gasteiger partial charge on any atom is 0.238 e. The fourth-order valence-electron chi connectivity index (χ4n) is 11.0. The molecule has 0 bridgehead atoms. The number of hydrogen-bond acceptors (Lipinski definition) is 3. The van der Waals surface area contributed by atoms with Crippen molar-refractivity contribution in [3.05, 3.63) is 200 Å². The van der Waals surface area contributed by atoms with Crippen LogP contribution in [0.3, 0.4) is 0 Å². The van der Waals surface area contributed by atoms with E-state index in [0.717, 1.165) is 66.1 Å². The van der Waals surface area contributed by atoms with E-state index in [9.17, 15) is 0 Å². The molecule has 0 saturated carbocycles. The van der Waals surface area contributed by atoms with E-state index < -0.39 is 0 Å². The minimum Gasteiger partial charge on any atom is -0.437 e. The Kier molecular flexibility index (Phi) is 6.59. The summed E-state index contributed by atoms with van der Waals surface area (Å²) in [6, 6.07) is 71.8. The van der Waals surface area contributed by atoms with Crippen molar-refractivity contribution < 1.29 is 4.42 Å². The van der Waals surface area contributed by atoms with Gasteiger partial charge in [-0.3, -0.25) is 4.57 Å². The first-order valence-electron chi connectivity index (χ1n) is 21.8. The summed E-state index contributed by atoms with van der Waals surface area (Å²) in [7, 11) is 0. The molecule has 1 aliphatic rings. The highest BCUT2D eigenvalue weighted by Gasteiger charge is 2.30. The third-order valence-corrected chi connectivity index (χ3v) is 13.6. The van der Waals surface area contributed by atoms with E-state index in [4.69, 9.17) is 14.4 Å². The van der Waals surface area contributed by atoms with E-state index in [0.29, 0.717) is 11.7 Å². The molecule has 0 N–H and O–H groups in total. The fourth-order valence-corrected chi connectivity index (χ4v) is 11.0. The molecule has 1 aliphatic heterocycles. The number of hydrogen-bond donors (Lipinski definition) is 0. The van der Waals surface area contributed by atoms with Crippen molar-refractivity contribution >= 4 is 87.5 Å². The van der Waals surface area contributed by atoms with E-state index in [1.54, 1.807) is 0 Å². The first kappa shape index (κ1) is 33.9. The Balaban J connectivity index is 1.09. The normalized spacial score (nSPS) is 12.4. The molecule has 0 amide bonds. The molecule has 0 fully saturated rings. The van der Waals surface area contributed by atoms with Gasteiger partial charge in [-0.05, 0) is 65.7 Å². The smallest absolute Gasteiger partial charge is 0.238 e. The summed E-state index contributed by atoms with van der Waals surface area (Å²) in [5.41, 5.74) is 16.9. The Bertz CT molecular complexity index is 4320. The van der Waals surface area contributed by atoms with Crippen molar-refractivity contribution in [2.45, 2.75) is 0 Å². The van der Waals surface area contributed by atoms with Crippen LogP contribution in [0.2, 0.25) is 0 Å². The topological polar surface area (TPSA) is 53.7 Å². The standard InChI is InChI=1S/C58H33N5O/c1-2-16-35(17-3-1)61-45-25-11-7-20-38(45)40-31-30-34(32-49(40)61)55-54-43-24-10-15-29-51(43)64-57(54)60-58(59-55)63-48-28-14-9-23-42(48)52-50(63)33-44-39-21-8-13-27-47(39)62-46-26-12-6-19-37(46)36-18-4-5-22-41(36)53(52)56(44)62/h1-33H. The molecule has 6 heterocycles. The molecule has 296 valence electrons. The predicted octanol–water partition coefficient (Wildman–Crippen LogP) is 15.0. The van der Waals surface area contributed by atoms with Crippen LogP contribution in [0.15, 0.2) is 205 Å². The Morgan fingerprint density at radius 3 is 1.80 bits per heavy atom. The second-order valence-electron chi connectivity index (χ2n) is 16.9. The molecule has 5 aromatic heterocycles. The van der Waals surface area contributed by atoms with Crippen LogP contribution in [0.4, 0.5) is 0 Å². The maximum atomic E-state index is 6.72. The highest BCUT2D eigenvalue weighted by atomic mass is 16.3. The Hall–Kier alpha value is -8.74. The van der Waals surface area contributed by atoms with Crippen molar-refractivity contribution in [1.29, 1.82) is 0 Å². The van der Waals surface area contributed by atoms with Crippen molar-refractivity contribution in [3.8, 4) is 50.8 Å². The predicted molar refractivity (Wildman–Crippen MR) is 262 cm³/mol. The first-order chi connectivity index (χ1) is 31.8. The van der Waals surface area contributed by atoms with Gasteiger partial charge < -0.3 is 13.6 Å². The zero-order valence-electron chi connectivity index (χ0n) is 34.2. The van der Waals surface area contributed by atoms with E-state index >= 15 is 0 Å². The van der Waals surface area contributed by atoms with Gasteiger partial charge in [-0.2, -0.15) is 4.98 Å². The summed E-state index contributed by atoms with van der Waals surface area (Å²) in [4.78, 5) is 11.1. The minimum atomic E-state index is 0.549. The summed E-state index contributed by atoms with van der Waals surface area (Å²) in [6.45, 7) is 0. The minimum absolute atomic E-state index is 0.549. The monoisotopic (exact) mass is 815 g/mol. The molecule has 0 atom stereocenters. The first-order valence-corrected chi connectivity index (χ1v) is 21.8. The number of para-hydroxylation sites is 6. The lowest BCUT2D eigenvalue weighted by Gasteiger charge is -2.13. The van der Waals surface area contributed by atoms with Gasteiger partial charge in [0.1, 0.15) is 5.58 Å². The summed E-state index contributed by atoms with van der Waals surface area (Å²) in [5, 5.41) is 8.94. The maximum absolute atomic E-state index is 6.72. The van der Waals surface area contributed by atoms with Gasteiger partial charge in [0.05, 0.1) is 49.9 Å². The Morgan fingerprint density at radius 1 is 0.375 bits per heavy atom. The summed E-state index contributed by atoms with van der Waals surface area (Å²) in [6.07, 6.45) is 0. The molecule has 0 aliphatic carbocycles. The largest absolute Gasteiger partial charge is 0.437 e. The number of nitrogens with zero attached hydrogens (tertiary/aromatic N) is 5. The lowest BCUT2D eigenvalue weighted by atomic mass is 9.91. The van der Waals surface area contributed by atoms with Gasteiger partial charge in [0, 0.05) is 60.1 Å². The van der Waals surface area contributed by atoms with E-state index in [1.807, 2.05) is 12.1 Å². The number of benzene rings is 9. The molecule has 15 rings (SSSR count).